The normalized spacial score (nSPS) is 14.1. The number of halogens is 6. The minimum atomic E-state index is -5.92. The Morgan fingerprint density at radius 3 is 1.60 bits per heavy atom. The van der Waals surface area contributed by atoms with Gasteiger partial charge in [0.25, 0.3) is 5.60 Å². The average molecular weight is 238 g/mol. The van der Waals surface area contributed by atoms with Crippen LogP contribution in [0.3, 0.4) is 0 Å². The second kappa shape index (κ2) is 3.99. The van der Waals surface area contributed by atoms with Crippen molar-refractivity contribution in [2.75, 3.05) is 0 Å². The Balaban J connectivity index is 5.15. The van der Waals surface area contributed by atoms with E-state index in [0.29, 0.717) is 0 Å². The van der Waals surface area contributed by atoms with E-state index in [1.807, 2.05) is 0 Å². The zero-order chi connectivity index (χ0) is 12.5. The molecule has 0 atom stereocenters. The lowest BCUT2D eigenvalue weighted by atomic mass is 9.94. The lowest BCUT2D eigenvalue weighted by Gasteiger charge is -2.31. The summed E-state index contributed by atoms with van der Waals surface area (Å²) >= 11 is 0. The van der Waals surface area contributed by atoms with Gasteiger partial charge >= 0.3 is 12.4 Å². The quantitative estimate of drug-likeness (QED) is 0.765. The van der Waals surface area contributed by atoms with Crippen molar-refractivity contribution in [1.29, 1.82) is 0 Å². The van der Waals surface area contributed by atoms with Gasteiger partial charge in [-0.05, 0) is 0 Å². The first kappa shape index (κ1) is 14.2. The largest absolute Gasteiger partial charge is 0.426 e. The fourth-order valence-corrected chi connectivity index (χ4v) is 0.772. The highest BCUT2D eigenvalue weighted by molar-refractivity contribution is 5.79. The van der Waals surface area contributed by atoms with Crippen LogP contribution in [0, 0.1) is 0 Å². The molecule has 0 saturated carbocycles. The van der Waals surface area contributed by atoms with Gasteiger partial charge in [-0.1, -0.05) is 6.92 Å². The molecule has 0 bridgehead atoms. The molecule has 90 valence electrons. The molecule has 0 radical (unpaired) electrons. The molecule has 15 heavy (non-hydrogen) atoms. The molecule has 0 amide bonds. The van der Waals surface area contributed by atoms with E-state index in [2.05, 4.69) is 0 Å². The summed E-state index contributed by atoms with van der Waals surface area (Å²) in [6.45, 7) is 1.11. The fraction of sp³-hybridized carbons (Fsp3) is 0.857. The monoisotopic (exact) mass is 238 g/mol. The number of alkyl halides is 6. The third kappa shape index (κ3) is 2.83. The zero-order valence-electron chi connectivity index (χ0n) is 7.54. The topological polar surface area (TPSA) is 37.3 Å². The summed E-state index contributed by atoms with van der Waals surface area (Å²) in [6.07, 6.45) is -14.4. The summed E-state index contributed by atoms with van der Waals surface area (Å²) in [5.41, 5.74) is -4.95. The third-order valence-corrected chi connectivity index (χ3v) is 1.79. The summed E-state index contributed by atoms with van der Waals surface area (Å²) in [6, 6.07) is 0. The molecule has 0 rings (SSSR count). The highest BCUT2D eigenvalue weighted by Crippen LogP contribution is 2.45. The van der Waals surface area contributed by atoms with Gasteiger partial charge in [-0.25, -0.2) is 0 Å². The summed E-state index contributed by atoms with van der Waals surface area (Å²) in [7, 11) is 0. The molecule has 0 heterocycles. The Labute approximate surface area is 80.9 Å². The molecule has 0 aliphatic heterocycles. The number of hydrogen-bond acceptors (Lipinski definition) is 2. The molecule has 8 heteroatoms. The molecule has 2 nitrogen and oxygen atoms in total. The summed E-state index contributed by atoms with van der Waals surface area (Å²) < 4.78 is 71.8. The summed E-state index contributed by atoms with van der Waals surface area (Å²) in [4.78, 5) is 10.6. The highest BCUT2D eigenvalue weighted by Gasteiger charge is 2.70. The highest BCUT2D eigenvalue weighted by atomic mass is 19.4. The number of hydrogen-bond donors (Lipinski definition) is 1. The molecule has 1 N–H and O–H groups in total. The Morgan fingerprint density at radius 1 is 1.07 bits per heavy atom. The van der Waals surface area contributed by atoms with Crippen LogP contribution in [0.15, 0.2) is 0 Å². The average Bonchev–Trinajstić information content (AvgIpc) is 1.99. The van der Waals surface area contributed by atoms with Crippen LogP contribution in [-0.2, 0) is 4.79 Å². The summed E-state index contributed by atoms with van der Waals surface area (Å²) in [5.74, 6) is -1.31. The predicted molar refractivity (Wildman–Crippen MR) is 37.0 cm³/mol. The number of carbonyl (C=O) groups is 1. The zero-order valence-corrected chi connectivity index (χ0v) is 7.54. The maximum Gasteiger partial charge on any atom is 0.426 e. The van der Waals surface area contributed by atoms with Crippen LogP contribution in [0.2, 0.25) is 0 Å². The number of rotatable bonds is 3. The molecule has 0 aromatic rings. The van der Waals surface area contributed by atoms with Gasteiger partial charge < -0.3 is 5.11 Å². The van der Waals surface area contributed by atoms with Crippen molar-refractivity contribution in [2.24, 2.45) is 0 Å². The Morgan fingerprint density at radius 2 is 1.40 bits per heavy atom. The molecular weight excluding hydrogens is 230 g/mol. The van der Waals surface area contributed by atoms with Crippen molar-refractivity contribution >= 4 is 5.78 Å². The van der Waals surface area contributed by atoms with Gasteiger partial charge in [0.2, 0.25) is 0 Å². The van der Waals surface area contributed by atoms with Gasteiger partial charge in [0.15, 0.2) is 0 Å². The predicted octanol–water partition coefficient (Wildman–Crippen LogP) is 2.21. The number of ketones is 1. The molecule has 0 fully saturated rings. The van der Waals surface area contributed by atoms with Crippen LogP contribution in [0.4, 0.5) is 26.3 Å². The van der Waals surface area contributed by atoms with Crippen molar-refractivity contribution in [3.05, 3.63) is 0 Å². The van der Waals surface area contributed by atoms with Crippen LogP contribution < -0.4 is 0 Å². The van der Waals surface area contributed by atoms with Gasteiger partial charge in [0.05, 0.1) is 6.42 Å². The van der Waals surface area contributed by atoms with E-state index < -0.39 is 36.6 Å². The Bertz CT molecular complexity index is 227. The van der Waals surface area contributed by atoms with Gasteiger partial charge in [0, 0.05) is 6.42 Å². The minimum Gasteiger partial charge on any atom is -0.373 e. The first-order valence-electron chi connectivity index (χ1n) is 3.83. The van der Waals surface area contributed by atoms with Crippen molar-refractivity contribution in [1.82, 2.24) is 0 Å². The Hall–Kier alpha value is -0.790. The van der Waals surface area contributed by atoms with E-state index >= 15 is 0 Å². The molecular formula is C7H8F6O2. The van der Waals surface area contributed by atoms with Crippen LogP contribution >= 0.6 is 0 Å². The molecule has 0 aliphatic carbocycles. The van der Waals surface area contributed by atoms with Crippen molar-refractivity contribution in [3.63, 3.8) is 0 Å². The van der Waals surface area contributed by atoms with Crippen LogP contribution in [0.5, 0.6) is 0 Å². The smallest absolute Gasteiger partial charge is 0.373 e. The number of carbonyl (C=O) groups excluding carboxylic acids is 1. The van der Waals surface area contributed by atoms with Crippen molar-refractivity contribution in [3.8, 4) is 0 Å². The van der Waals surface area contributed by atoms with E-state index in [9.17, 15) is 31.1 Å². The lowest BCUT2D eigenvalue weighted by molar-refractivity contribution is -0.367. The fourth-order valence-electron chi connectivity index (χ4n) is 0.772. The van der Waals surface area contributed by atoms with E-state index in [-0.39, 0.29) is 0 Å². The van der Waals surface area contributed by atoms with Crippen molar-refractivity contribution < 1.29 is 36.2 Å². The van der Waals surface area contributed by atoms with Crippen LogP contribution in [-0.4, -0.2) is 28.8 Å². The molecule has 0 spiro atoms. The first-order valence-corrected chi connectivity index (χ1v) is 3.83. The SMILES string of the molecule is CCC(=O)CC(O)(C(F)(F)F)C(F)(F)F. The maximum absolute atomic E-state index is 12.0. The van der Waals surface area contributed by atoms with E-state index in [1.165, 1.54) is 0 Å². The molecule has 0 aliphatic rings. The Kier molecular flexibility index (Phi) is 3.78. The number of aliphatic hydroxyl groups is 1. The van der Waals surface area contributed by atoms with Crippen LogP contribution in [0.25, 0.3) is 0 Å². The van der Waals surface area contributed by atoms with E-state index in [1.54, 1.807) is 0 Å². The molecule has 0 aromatic carbocycles. The van der Waals surface area contributed by atoms with Gasteiger partial charge in [-0.15, -0.1) is 0 Å². The standard InChI is InChI=1S/C7H8F6O2/c1-2-4(14)3-5(15,6(8,9)10)7(11,12)13/h15H,2-3H2,1H3. The van der Waals surface area contributed by atoms with Crippen LogP contribution in [0.1, 0.15) is 19.8 Å². The second-order valence-electron chi connectivity index (χ2n) is 2.92. The van der Waals surface area contributed by atoms with Crippen molar-refractivity contribution in [2.45, 2.75) is 37.7 Å². The minimum absolute atomic E-state index is 0.505. The van der Waals surface area contributed by atoms with E-state index in [0.717, 1.165) is 6.92 Å². The van der Waals surface area contributed by atoms with Gasteiger partial charge in [-0.2, -0.15) is 26.3 Å². The van der Waals surface area contributed by atoms with E-state index in [4.69, 9.17) is 5.11 Å². The van der Waals surface area contributed by atoms with Gasteiger partial charge in [0.1, 0.15) is 5.78 Å². The second-order valence-corrected chi connectivity index (χ2v) is 2.92. The first-order chi connectivity index (χ1) is 6.45. The summed E-state index contributed by atoms with van der Waals surface area (Å²) in [5, 5.41) is 8.52. The van der Waals surface area contributed by atoms with Gasteiger partial charge in [-0.3, -0.25) is 4.79 Å². The molecule has 0 unspecified atom stereocenters. The molecule has 0 aromatic heterocycles. The lowest BCUT2D eigenvalue weighted by Crippen LogP contribution is -2.57. The maximum atomic E-state index is 12.0. The number of Topliss-reactive ketones (excluding diaryl/α,β-unsaturated/α-hetero) is 1. The molecule has 0 saturated heterocycles. The third-order valence-electron chi connectivity index (χ3n) is 1.79.